The molecule has 9 nitrogen and oxygen atoms in total. The monoisotopic (exact) mass is 294 g/mol. The average Bonchev–Trinajstić information content (AvgIpc) is 2.44. The minimum atomic E-state index is -3.00. The Hall–Kier alpha value is -1.26. The first-order valence-electron chi connectivity index (χ1n) is 7.39. The van der Waals surface area contributed by atoms with Crippen LogP contribution in [0.1, 0.15) is 17.4 Å². The molecule has 2 rings (SSSR count). The lowest BCUT2D eigenvalue weighted by atomic mass is 9.86. The number of ether oxygens (including phenoxy) is 2. The fourth-order valence-corrected chi connectivity index (χ4v) is 2.39. The summed E-state index contributed by atoms with van der Waals surface area (Å²) in [6.07, 6.45) is -6.77. The molecule has 0 aliphatic carbocycles. The Balaban J connectivity index is 2.28. The van der Waals surface area contributed by atoms with Crippen molar-refractivity contribution in [3.63, 3.8) is 0 Å². The van der Waals surface area contributed by atoms with Crippen LogP contribution >= 0.6 is 0 Å². The molecule has 0 spiro atoms. The van der Waals surface area contributed by atoms with Crippen LogP contribution in [0.3, 0.4) is 0 Å². The van der Waals surface area contributed by atoms with Crippen LogP contribution < -0.4 is 5.32 Å². The van der Waals surface area contributed by atoms with E-state index >= 15 is 0 Å². The molecule has 2 aliphatic rings. The fourth-order valence-electron chi connectivity index (χ4n) is 2.39. The second-order valence-corrected chi connectivity index (χ2v) is 4.76. The van der Waals surface area contributed by atoms with Crippen LogP contribution in [0.25, 0.3) is 0 Å². The molecule has 0 unspecified atom stereocenters. The van der Waals surface area contributed by atoms with Crippen molar-refractivity contribution < 1.29 is 43.6 Å². The minimum Gasteiger partial charge on any atom is -0.453 e. The molecule has 9 heteroatoms. The van der Waals surface area contributed by atoms with E-state index in [9.17, 15) is 24.9 Å². The number of rotatable bonds is 3. The first-order chi connectivity index (χ1) is 10.5. The van der Waals surface area contributed by atoms with E-state index in [2.05, 4.69) is 0 Å². The summed E-state index contributed by atoms with van der Waals surface area (Å²) in [5.74, 6) is -5.12. The highest BCUT2D eigenvalue weighted by atomic mass is 16.7. The normalized spacial score (nSPS) is 44.6. The third-order valence-electron chi connectivity index (χ3n) is 3.34. The number of hydrogen-bond donors (Lipinski definition) is 5. The van der Waals surface area contributed by atoms with Gasteiger partial charge in [0, 0.05) is 17.4 Å². The van der Waals surface area contributed by atoms with E-state index in [0.717, 1.165) is 0 Å². The summed E-state index contributed by atoms with van der Waals surface area (Å²) in [4.78, 5) is 23.3. The van der Waals surface area contributed by atoms with E-state index in [1.54, 1.807) is 0 Å². The van der Waals surface area contributed by atoms with Gasteiger partial charge < -0.3 is 35.2 Å². The summed E-state index contributed by atoms with van der Waals surface area (Å²) >= 11 is 0. The van der Waals surface area contributed by atoms with Crippen molar-refractivity contribution in [3.05, 3.63) is 0 Å². The van der Waals surface area contributed by atoms with Crippen LogP contribution in [0.15, 0.2) is 0 Å². The van der Waals surface area contributed by atoms with E-state index in [4.69, 9.17) is 18.7 Å². The van der Waals surface area contributed by atoms with Gasteiger partial charge in [0.15, 0.2) is 6.10 Å². The Labute approximate surface area is 118 Å². The van der Waals surface area contributed by atoms with Gasteiger partial charge in [-0.3, -0.25) is 4.79 Å². The number of cyclic esters (lactones) is 1. The molecule has 0 saturated carbocycles. The van der Waals surface area contributed by atoms with E-state index in [-0.39, 0.29) is 0 Å². The predicted octanol–water partition coefficient (Wildman–Crippen LogP) is -3.39. The summed E-state index contributed by atoms with van der Waals surface area (Å²) in [7, 11) is 0. The number of carbonyl (C=O) groups excluding carboxylic acids is 2. The van der Waals surface area contributed by atoms with Gasteiger partial charge in [-0.15, -0.1) is 0 Å². The molecule has 20 heavy (non-hydrogen) atoms. The van der Waals surface area contributed by atoms with Crippen molar-refractivity contribution in [3.8, 4) is 0 Å². The maximum Gasteiger partial charge on any atom is 0.367 e. The number of aliphatic hydroxyl groups is 4. The quantitative estimate of drug-likeness (QED) is 0.339. The first kappa shape index (κ1) is 11.4. The van der Waals surface area contributed by atoms with Gasteiger partial charge in [0.05, 0.1) is 18.8 Å². The summed E-state index contributed by atoms with van der Waals surface area (Å²) in [6, 6.07) is -1.37. The van der Waals surface area contributed by atoms with Gasteiger partial charge in [0.1, 0.15) is 12.2 Å². The van der Waals surface area contributed by atoms with Gasteiger partial charge in [0.25, 0.3) is 5.79 Å². The van der Waals surface area contributed by atoms with Gasteiger partial charge >= 0.3 is 5.97 Å². The minimum absolute atomic E-state index is 0.657. The van der Waals surface area contributed by atoms with Crippen LogP contribution in [0, 0.1) is 0 Å². The standard InChI is InChI=1S/C11H17NO8/c1-4(14)12-7-5(15)2-11(18)10(17)19-8(6(16)3-13)9(7)20-11/h5-9,13,15-16,18H,2-3H2,1H3,(H,12,14)/t5-,6+,7+,8+,9+,11-/m0/s1/i1D3. The highest BCUT2D eigenvalue weighted by Gasteiger charge is 2.60. The molecule has 0 aromatic rings. The van der Waals surface area contributed by atoms with Gasteiger partial charge in [0.2, 0.25) is 5.91 Å². The van der Waals surface area contributed by atoms with Crippen molar-refractivity contribution in [2.45, 2.75) is 49.5 Å². The van der Waals surface area contributed by atoms with E-state index in [1.165, 1.54) is 0 Å². The lowest BCUT2D eigenvalue weighted by molar-refractivity contribution is -0.330. The molecular formula is C11H17NO8. The molecule has 5 N–H and O–H groups in total. The zero-order chi connectivity index (χ0) is 17.6. The number of nitrogens with one attached hydrogen (secondary N) is 1. The van der Waals surface area contributed by atoms with E-state index < -0.39 is 68.0 Å². The fraction of sp³-hybridized carbons (Fsp3) is 0.818. The topological polar surface area (TPSA) is 146 Å². The SMILES string of the molecule is [2H]C([2H])([2H])C(=O)N[C@H]1[C@H]2O[C@@](O)(C[C@@H]1O)C(=O)O[C@@H]2[C@H](O)CO. The highest BCUT2D eigenvalue weighted by molar-refractivity contribution is 5.79. The van der Waals surface area contributed by atoms with Crippen LogP contribution in [-0.2, 0) is 19.1 Å². The third kappa shape index (κ3) is 2.50. The average molecular weight is 294 g/mol. The number of hydrogen-bond acceptors (Lipinski definition) is 8. The Morgan fingerprint density at radius 3 is 3.00 bits per heavy atom. The van der Waals surface area contributed by atoms with Gasteiger partial charge in [-0.25, -0.2) is 4.79 Å². The predicted molar refractivity (Wildman–Crippen MR) is 61.0 cm³/mol. The molecule has 6 atom stereocenters. The summed E-state index contributed by atoms with van der Waals surface area (Å²) < 4.78 is 31.0. The molecule has 0 aromatic heterocycles. The molecule has 2 fully saturated rings. The molecule has 1 amide bonds. The van der Waals surface area contributed by atoms with Crippen molar-refractivity contribution in [2.75, 3.05) is 6.61 Å². The molecular weight excluding hydrogens is 274 g/mol. The lowest BCUT2D eigenvalue weighted by Gasteiger charge is -2.49. The Kier molecular flexibility index (Phi) is 3.00. The first-order valence-corrected chi connectivity index (χ1v) is 5.89. The molecule has 2 saturated heterocycles. The van der Waals surface area contributed by atoms with E-state index in [1.807, 2.05) is 5.32 Å². The maximum absolute atomic E-state index is 11.7. The molecule has 114 valence electrons. The van der Waals surface area contributed by atoms with Crippen molar-refractivity contribution in [2.24, 2.45) is 0 Å². The van der Waals surface area contributed by atoms with Gasteiger partial charge in [-0.1, -0.05) is 0 Å². The van der Waals surface area contributed by atoms with E-state index in [0.29, 0.717) is 0 Å². The lowest BCUT2D eigenvalue weighted by Crippen LogP contribution is -2.71. The van der Waals surface area contributed by atoms with Crippen molar-refractivity contribution >= 4 is 11.9 Å². The smallest absolute Gasteiger partial charge is 0.367 e. The van der Waals surface area contributed by atoms with Crippen LogP contribution in [0.2, 0.25) is 0 Å². The van der Waals surface area contributed by atoms with Crippen molar-refractivity contribution in [1.29, 1.82) is 0 Å². The molecule has 2 aliphatic heterocycles. The Morgan fingerprint density at radius 2 is 2.40 bits per heavy atom. The summed E-state index contributed by atoms with van der Waals surface area (Å²) in [6.45, 7) is -3.82. The summed E-state index contributed by atoms with van der Waals surface area (Å²) in [5, 5.41) is 40.8. The second kappa shape index (κ2) is 5.26. The van der Waals surface area contributed by atoms with Crippen LogP contribution in [0.5, 0.6) is 0 Å². The summed E-state index contributed by atoms with van der Waals surface area (Å²) in [5.41, 5.74) is 0. The third-order valence-corrected chi connectivity index (χ3v) is 3.34. The maximum atomic E-state index is 11.7. The van der Waals surface area contributed by atoms with Crippen LogP contribution in [-0.4, -0.2) is 75.2 Å². The molecule has 2 bridgehead atoms. The molecule has 0 radical (unpaired) electrons. The Bertz CT molecular complexity index is 500. The molecule has 2 heterocycles. The second-order valence-electron chi connectivity index (χ2n) is 4.76. The van der Waals surface area contributed by atoms with Crippen LogP contribution in [0.4, 0.5) is 0 Å². The number of fused-ring (bicyclic) bond motifs is 2. The van der Waals surface area contributed by atoms with Gasteiger partial charge in [-0.2, -0.15) is 0 Å². The number of amides is 1. The highest BCUT2D eigenvalue weighted by Crippen LogP contribution is 2.36. The number of carbonyl (C=O) groups is 2. The molecule has 0 aromatic carbocycles. The number of aliphatic hydroxyl groups excluding tert-OH is 3. The zero-order valence-corrected chi connectivity index (χ0v) is 10.2. The Morgan fingerprint density at radius 1 is 1.70 bits per heavy atom. The van der Waals surface area contributed by atoms with Crippen molar-refractivity contribution in [1.82, 2.24) is 5.32 Å². The van der Waals surface area contributed by atoms with Gasteiger partial charge in [-0.05, 0) is 0 Å². The largest absolute Gasteiger partial charge is 0.453 e. The number of esters is 1. The zero-order valence-electron chi connectivity index (χ0n) is 13.2.